The van der Waals surface area contributed by atoms with Crippen LogP contribution in [0.4, 0.5) is 17.1 Å². The molecule has 33 heavy (non-hydrogen) atoms. The first kappa shape index (κ1) is 23.1. The van der Waals surface area contributed by atoms with E-state index >= 15 is 0 Å². The lowest BCUT2D eigenvalue weighted by Gasteiger charge is -2.08. The number of anilines is 2. The van der Waals surface area contributed by atoms with Crippen LogP contribution in [0.1, 0.15) is 22.3 Å². The molecule has 7 heteroatoms. The van der Waals surface area contributed by atoms with E-state index in [0.29, 0.717) is 5.69 Å². The number of rotatable bonds is 7. The van der Waals surface area contributed by atoms with Crippen molar-refractivity contribution in [1.29, 1.82) is 0 Å². The minimum Gasteiger partial charge on any atom is -0.322 e. The molecule has 0 aliphatic carbocycles. The maximum atomic E-state index is 12.3. The zero-order chi connectivity index (χ0) is 23.8. The number of nitrogens with zero attached hydrogens (tertiary/aromatic N) is 1. The molecule has 0 aromatic heterocycles. The highest BCUT2D eigenvalue weighted by atomic mass is 16.6. The van der Waals surface area contributed by atoms with Crippen molar-refractivity contribution in [3.63, 3.8) is 0 Å². The van der Waals surface area contributed by atoms with Crippen LogP contribution in [0.5, 0.6) is 0 Å². The molecule has 0 bridgehead atoms. The van der Waals surface area contributed by atoms with Crippen LogP contribution in [-0.4, -0.2) is 16.7 Å². The minimum absolute atomic E-state index is 0.0149. The molecule has 0 radical (unpaired) electrons. The molecule has 3 aromatic carbocycles. The van der Waals surface area contributed by atoms with E-state index in [1.54, 1.807) is 12.2 Å². The number of hydrogen-bond acceptors (Lipinski definition) is 4. The molecule has 0 aliphatic heterocycles. The van der Waals surface area contributed by atoms with Gasteiger partial charge in [0.2, 0.25) is 11.8 Å². The number of nitrogens with one attached hydrogen (secondary N) is 2. The number of benzene rings is 3. The quantitative estimate of drug-likeness (QED) is 0.286. The molecule has 3 aromatic rings. The lowest BCUT2D eigenvalue weighted by atomic mass is 10.1. The second-order valence-electron chi connectivity index (χ2n) is 7.46. The smallest absolute Gasteiger partial charge is 0.292 e. The third-order valence-electron chi connectivity index (χ3n) is 4.73. The van der Waals surface area contributed by atoms with Gasteiger partial charge in [-0.05, 0) is 49.3 Å². The fourth-order valence-corrected chi connectivity index (χ4v) is 2.93. The van der Waals surface area contributed by atoms with Crippen LogP contribution < -0.4 is 10.6 Å². The average Bonchev–Trinajstić information content (AvgIpc) is 2.78. The fraction of sp³-hybridized carbons (Fsp3) is 0.0769. The summed E-state index contributed by atoms with van der Waals surface area (Å²) in [5, 5.41) is 16.5. The molecule has 0 unspecified atom stereocenters. The Morgan fingerprint density at radius 1 is 0.758 bits per heavy atom. The lowest BCUT2D eigenvalue weighted by Crippen LogP contribution is -2.12. The van der Waals surface area contributed by atoms with Gasteiger partial charge in [0.15, 0.2) is 0 Å². The van der Waals surface area contributed by atoms with Crippen LogP contribution in [0.25, 0.3) is 12.2 Å². The summed E-state index contributed by atoms with van der Waals surface area (Å²) >= 11 is 0. The van der Waals surface area contributed by atoms with Crippen LogP contribution in [0.2, 0.25) is 0 Å². The molecule has 2 amide bonds. The number of hydrogen-bond donors (Lipinski definition) is 2. The van der Waals surface area contributed by atoms with E-state index in [4.69, 9.17) is 0 Å². The maximum absolute atomic E-state index is 12.3. The highest BCUT2D eigenvalue weighted by molar-refractivity contribution is 6.05. The second-order valence-corrected chi connectivity index (χ2v) is 7.46. The Morgan fingerprint density at radius 3 is 1.73 bits per heavy atom. The minimum atomic E-state index is -0.595. The highest BCUT2D eigenvalue weighted by Gasteiger charge is 2.16. The van der Waals surface area contributed by atoms with Gasteiger partial charge in [0, 0.05) is 23.9 Å². The van der Waals surface area contributed by atoms with Gasteiger partial charge in [-0.2, -0.15) is 0 Å². The molecule has 0 saturated heterocycles. The van der Waals surface area contributed by atoms with Crippen molar-refractivity contribution in [2.75, 3.05) is 10.6 Å². The maximum Gasteiger partial charge on any atom is 0.292 e. The van der Waals surface area contributed by atoms with E-state index in [1.807, 2.05) is 62.4 Å². The first-order valence-electron chi connectivity index (χ1n) is 10.2. The van der Waals surface area contributed by atoms with Crippen LogP contribution in [-0.2, 0) is 9.59 Å². The average molecular weight is 441 g/mol. The van der Waals surface area contributed by atoms with Gasteiger partial charge in [-0.25, -0.2) is 0 Å². The number of nitro groups is 1. The zero-order valence-electron chi connectivity index (χ0n) is 18.2. The van der Waals surface area contributed by atoms with Crippen LogP contribution in [0.3, 0.4) is 0 Å². The standard InChI is InChI=1S/C26H23N3O4/c1-18-3-7-20(8-4-18)11-15-25(30)27-22-13-14-24(29(32)33)23(17-22)28-26(31)16-12-21-9-5-19(2)6-10-21/h3-17H,1-2H3,(H,27,30)(H,28,31). The summed E-state index contributed by atoms with van der Waals surface area (Å²) < 4.78 is 0. The Kier molecular flexibility index (Phi) is 7.49. The van der Waals surface area contributed by atoms with Crippen molar-refractivity contribution in [2.45, 2.75) is 13.8 Å². The molecular weight excluding hydrogens is 418 g/mol. The molecule has 3 rings (SSSR count). The van der Waals surface area contributed by atoms with Crippen LogP contribution >= 0.6 is 0 Å². The molecule has 7 nitrogen and oxygen atoms in total. The van der Waals surface area contributed by atoms with Crippen molar-refractivity contribution in [3.05, 3.63) is 111 Å². The number of aryl methyl sites for hydroxylation is 2. The van der Waals surface area contributed by atoms with Gasteiger partial charge in [-0.3, -0.25) is 19.7 Å². The summed E-state index contributed by atoms with van der Waals surface area (Å²) in [5.74, 6) is -0.928. The summed E-state index contributed by atoms with van der Waals surface area (Å²) in [7, 11) is 0. The van der Waals surface area contributed by atoms with Gasteiger partial charge in [0.25, 0.3) is 5.69 Å². The summed E-state index contributed by atoms with van der Waals surface area (Å²) in [6.45, 7) is 3.94. The van der Waals surface area contributed by atoms with Crippen molar-refractivity contribution in [2.24, 2.45) is 0 Å². The van der Waals surface area contributed by atoms with Gasteiger partial charge in [0.1, 0.15) is 5.69 Å². The van der Waals surface area contributed by atoms with E-state index in [1.165, 1.54) is 30.4 Å². The first-order valence-corrected chi connectivity index (χ1v) is 10.2. The molecule has 0 aliphatic rings. The molecule has 0 atom stereocenters. The molecule has 0 heterocycles. The van der Waals surface area contributed by atoms with Crippen molar-refractivity contribution >= 4 is 41.0 Å². The SMILES string of the molecule is Cc1ccc(C=CC(=O)Nc2ccc([N+](=O)[O-])c(NC(=O)C=Cc3ccc(C)cc3)c2)cc1. The molecule has 0 fully saturated rings. The summed E-state index contributed by atoms with van der Waals surface area (Å²) in [6, 6.07) is 19.2. The van der Waals surface area contributed by atoms with Crippen molar-refractivity contribution in [1.82, 2.24) is 0 Å². The highest BCUT2D eigenvalue weighted by Crippen LogP contribution is 2.28. The van der Waals surface area contributed by atoms with Crippen molar-refractivity contribution in [3.8, 4) is 0 Å². The largest absolute Gasteiger partial charge is 0.322 e. The summed E-state index contributed by atoms with van der Waals surface area (Å²) in [6.07, 6.45) is 5.94. The van der Waals surface area contributed by atoms with E-state index in [0.717, 1.165) is 22.3 Å². The number of nitro benzene ring substituents is 1. The third-order valence-corrected chi connectivity index (χ3v) is 4.73. The van der Waals surface area contributed by atoms with Crippen LogP contribution in [0.15, 0.2) is 78.9 Å². The molecule has 0 spiro atoms. The van der Waals surface area contributed by atoms with Gasteiger partial charge >= 0.3 is 0 Å². The van der Waals surface area contributed by atoms with Gasteiger partial charge in [0.05, 0.1) is 4.92 Å². The predicted octanol–water partition coefficient (Wildman–Crippen LogP) is 5.52. The third kappa shape index (κ3) is 7.00. The van der Waals surface area contributed by atoms with Gasteiger partial charge in [-0.1, -0.05) is 59.7 Å². The van der Waals surface area contributed by atoms with E-state index in [9.17, 15) is 19.7 Å². The lowest BCUT2D eigenvalue weighted by molar-refractivity contribution is -0.383. The Balaban J connectivity index is 1.71. The Morgan fingerprint density at radius 2 is 1.24 bits per heavy atom. The topological polar surface area (TPSA) is 101 Å². The van der Waals surface area contributed by atoms with Gasteiger partial charge in [-0.15, -0.1) is 0 Å². The monoisotopic (exact) mass is 441 g/mol. The molecule has 0 saturated carbocycles. The Hall–Kier alpha value is -4.52. The summed E-state index contributed by atoms with van der Waals surface area (Å²) in [4.78, 5) is 35.4. The van der Waals surface area contributed by atoms with Gasteiger partial charge < -0.3 is 10.6 Å². The van der Waals surface area contributed by atoms with Crippen LogP contribution in [0, 0.1) is 24.0 Å². The Bertz CT molecular complexity index is 1230. The fourth-order valence-electron chi connectivity index (χ4n) is 2.93. The number of amides is 2. The second kappa shape index (κ2) is 10.7. The van der Waals surface area contributed by atoms with E-state index in [2.05, 4.69) is 10.6 Å². The molecular formula is C26H23N3O4. The summed E-state index contributed by atoms with van der Waals surface area (Å²) in [5.41, 5.74) is 3.93. The molecule has 2 N–H and O–H groups in total. The number of carbonyl (C=O) groups excluding carboxylic acids is 2. The molecule has 166 valence electrons. The normalized spacial score (nSPS) is 11.0. The van der Waals surface area contributed by atoms with E-state index < -0.39 is 16.7 Å². The Labute approximate surface area is 191 Å². The van der Waals surface area contributed by atoms with Crippen molar-refractivity contribution < 1.29 is 14.5 Å². The predicted molar refractivity (Wildman–Crippen MR) is 131 cm³/mol. The zero-order valence-corrected chi connectivity index (χ0v) is 18.2. The van der Waals surface area contributed by atoms with E-state index in [-0.39, 0.29) is 11.4 Å². The first-order chi connectivity index (χ1) is 15.8. The number of carbonyl (C=O) groups is 2.